The quantitative estimate of drug-likeness (QED) is 0.675. The highest BCUT2D eigenvalue weighted by atomic mass is 35.5. The third-order valence-electron chi connectivity index (χ3n) is 5.92. The molecule has 1 aromatic carbocycles. The molecular weight excluding hydrogens is 421 g/mol. The molecule has 6 nitrogen and oxygen atoms in total. The molecule has 0 aliphatic carbocycles. The van der Waals surface area contributed by atoms with E-state index in [2.05, 4.69) is 4.90 Å². The van der Waals surface area contributed by atoms with Crippen LogP contribution in [0.4, 0.5) is 4.39 Å². The van der Waals surface area contributed by atoms with E-state index in [1.54, 1.807) is 17.0 Å². The van der Waals surface area contributed by atoms with Crippen molar-refractivity contribution in [3.63, 3.8) is 0 Å². The maximum atomic E-state index is 13.3. The first-order valence-corrected chi connectivity index (χ1v) is 11.3. The number of piperidine rings is 1. The standard InChI is InChI=1S/C23H31ClFN3O3/c1-23(31)9-2-10-26(17-23)11-3-12-27-14-15-28(13-8-22(27)30)21(29)7-5-18-4-6-20(25)19(24)16-18/h4-7,16,31H,2-3,8-15,17H2,1H3. The Morgan fingerprint density at radius 3 is 2.81 bits per heavy atom. The third-order valence-corrected chi connectivity index (χ3v) is 6.21. The van der Waals surface area contributed by atoms with Gasteiger partial charge in [0.2, 0.25) is 11.8 Å². The molecule has 170 valence electrons. The number of carbonyl (C=O) groups is 2. The van der Waals surface area contributed by atoms with E-state index in [9.17, 15) is 19.1 Å². The lowest BCUT2D eigenvalue weighted by Crippen LogP contribution is -2.46. The van der Waals surface area contributed by atoms with Gasteiger partial charge in [-0.05, 0) is 63.0 Å². The van der Waals surface area contributed by atoms with E-state index in [1.807, 2.05) is 11.8 Å². The van der Waals surface area contributed by atoms with E-state index in [1.165, 1.54) is 18.2 Å². The number of amides is 2. The second kappa shape index (κ2) is 10.6. The number of nitrogens with zero attached hydrogens (tertiary/aromatic N) is 3. The van der Waals surface area contributed by atoms with Crippen LogP contribution in [0.1, 0.15) is 38.2 Å². The van der Waals surface area contributed by atoms with Crippen LogP contribution in [0.3, 0.4) is 0 Å². The van der Waals surface area contributed by atoms with Crippen molar-refractivity contribution in [1.82, 2.24) is 14.7 Å². The van der Waals surface area contributed by atoms with Gasteiger partial charge in [-0.3, -0.25) is 9.59 Å². The predicted octanol–water partition coefficient (Wildman–Crippen LogP) is 2.79. The Kier molecular flexibility index (Phi) is 8.08. The second-order valence-corrected chi connectivity index (χ2v) is 9.10. The fourth-order valence-corrected chi connectivity index (χ4v) is 4.40. The predicted molar refractivity (Wildman–Crippen MR) is 119 cm³/mol. The van der Waals surface area contributed by atoms with E-state index < -0.39 is 11.4 Å². The number of likely N-dealkylation sites (tertiary alicyclic amines) is 1. The molecule has 2 fully saturated rings. The molecule has 0 spiro atoms. The molecular formula is C23H31ClFN3O3. The summed E-state index contributed by atoms with van der Waals surface area (Å²) in [6, 6.07) is 4.29. The summed E-state index contributed by atoms with van der Waals surface area (Å²) in [4.78, 5) is 30.8. The first-order valence-electron chi connectivity index (χ1n) is 10.9. The summed E-state index contributed by atoms with van der Waals surface area (Å²) in [7, 11) is 0. The van der Waals surface area contributed by atoms with Gasteiger partial charge >= 0.3 is 0 Å². The molecule has 1 N–H and O–H groups in total. The summed E-state index contributed by atoms with van der Waals surface area (Å²) < 4.78 is 13.3. The minimum atomic E-state index is -0.621. The van der Waals surface area contributed by atoms with Crippen LogP contribution in [0.5, 0.6) is 0 Å². The topological polar surface area (TPSA) is 64.1 Å². The van der Waals surface area contributed by atoms with Gasteiger partial charge in [0.1, 0.15) is 5.82 Å². The number of hydrogen-bond acceptors (Lipinski definition) is 4. The van der Waals surface area contributed by atoms with Crippen LogP contribution in [0.15, 0.2) is 24.3 Å². The molecule has 3 rings (SSSR count). The van der Waals surface area contributed by atoms with Crippen molar-refractivity contribution in [2.45, 2.75) is 38.2 Å². The van der Waals surface area contributed by atoms with Crippen LogP contribution in [-0.2, 0) is 9.59 Å². The van der Waals surface area contributed by atoms with E-state index in [4.69, 9.17) is 11.6 Å². The Labute approximate surface area is 188 Å². The highest BCUT2D eigenvalue weighted by Crippen LogP contribution is 2.20. The van der Waals surface area contributed by atoms with Crippen LogP contribution in [0, 0.1) is 5.82 Å². The average molecular weight is 452 g/mol. The molecule has 0 bridgehead atoms. The lowest BCUT2D eigenvalue weighted by molar-refractivity contribution is -0.130. The van der Waals surface area contributed by atoms with Gasteiger partial charge in [0.15, 0.2) is 0 Å². The fourth-order valence-electron chi connectivity index (χ4n) is 4.21. The monoisotopic (exact) mass is 451 g/mol. The SMILES string of the molecule is CC1(O)CCCN(CCCN2CCN(C(=O)C=Cc3ccc(F)c(Cl)c3)CCC2=O)C1. The second-order valence-electron chi connectivity index (χ2n) is 8.69. The van der Waals surface area contributed by atoms with E-state index in [0.717, 1.165) is 32.4 Å². The number of β-amino-alcohol motifs (C(OH)–C–C–N with tert-alkyl or cyclic N) is 1. The Morgan fingerprint density at radius 2 is 2.06 bits per heavy atom. The number of carbonyl (C=O) groups excluding carboxylic acids is 2. The molecule has 1 atom stereocenters. The summed E-state index contributed by atoms with van der Waals surface area (Å²) in [5.41, 5.74) is 0.0218. The maximum Gasteiger partial charge on any atom is 0.246 e. The van der Waals surface area contributed by atoms with Gasteiger partial charge in [0, 0.05) is 45.2 Å². The highest BCUT2D eigenvalue weighted by Gasteiger charge is 2.28. The summed E-state index contributed by atoms with van der Waals surface area (Å²) in [6.45, 7) is 6.43. The van der Waals surface area contributed by atoms with Crippen molar-refractivity contribution in [2.24, 2.45) is 0 Å². The Morgan fingerprint density at radius 1 is 1.26 bits per heavy atom. The van der Waals surface area contributed by atoms with Crippen LogP contribution in [0.25, 0.3) is 6.08 Å². The van der Waals surface area contributed by atoms with Crippen LogP contribution in [-0.4, -0.2) is 83.0 Å². The largest absolute Gasteiger partial charge is 0.389 e. The number of hydrogen-bond donors (Lipinski definition) is 1. The van der Waals surface area contributed by atoms with Gasteiger partial charge in [-0.25, -0.2) is 4.39 Å². The average Bonchev–Trinajstić information content (AvgIpc) is 2.90. The third kappa shape index (κ3) is 7.02. The molecule has 2 amide bonds. The summed E-state index contributed by atoms with van der Waals surface area (Å²) >= 11 is 5.77. The van der Waals surface area contributed by atoms with Gasteiger partial charge in [0.05, 0.1) is 10.6 Å². The van der Waals surface area contributed by atoms with Crippen molar-refractivity contribution < 1.29 is 19.1 Å². The zero-order valence-corrected chi connectivity index (χ0v) is 18.8. The smallest absolute Gasteiger partial charge is 0.246 e. The molecule has 1 unspecified atom stereocenters. The van der Waals surface area contributed by atoms with Crippen molar-refractivity contribution in [3.8, 4) is 0 Å². The maximum absolute atomic E-state index is 13.3. The summed E-state index contributed by atoms with van der Waals surface area (Å²) in [5.74, 6) is -0.609. The van der Waals surface area contributed by atoms with Crippen molar-refractivity contribution in [1.29, 1.82) is 0 Å². The zero-order chi connectivity index (χ0) is 22.4. The summed E-state index contributed by atoms with van der Waals surface area (Å²) in [6.07, 6.45) is 6.02. The first-order chi connectivity index (χ1) is 14.7. The first kappa shape index (κ1) is 23.7. The van der Waals surface area contributed by atoms with Crippen molar-refractivity contribution in [2.75, 3.05) is 45.8 Å². The van der Waals surface area contributed by atoms with Crippen LogP contribution in [0.2, 0.25) is 5.02 Å². The zero-order valence-electron chi connectivity index (χ0n) is 18.0. The summed E-state index contributed by atoms with van der Waals surface area (Å²) in [5, 5.41) is 10.2. The number of aliphatic hydroxyl groups is 1. The van der Waals surface area contributed by atoms with Gasteiger partial charge in [0.25, 0.3) is 0 Å². The van der Waals surface area contributed by atoms with Gasteiger partial charge in [-0.15, -0.1) is 0 Å². The highest BCUT2D eigenvalue weighted by molar-refractivity contribution is 6.30. The fraction of sp³-hybridized carbons (Fsp3) is 0.565. The minimum Gasteiger partial charge on any atom is -0.389 e. The molecule has 1 aromatic rings. The minimum absolute atomic E-state index is 0.0128. The molecule has 2 aliphatic rings. The molecule has 2 aliphatic heterocycles. The van der Waals surface area contributed by atoms with E-state index in [0.29, 0.717) is 44.7 Å². The van der Waals surface area contributed by atoms with Crippen LogP contribution < -0.4 is 0 Å². The van der Waals surface area contributed by atoms with Crippen molar-refractivity contribution >= 4 is 29.5 Å². The molecule has 31 heavy (non-hydrogen) atoms. The van der Waals surface area contributed by atoms with Crippen molar-refractivity contribution in [3.05, 3.63) is 40.7 Å². The molecule has 0 saturated carbocycles. The van der Waals surface area contributed by atoms with Crippen LogP contribution >= 0.6 is 11.6 Å². The number of benzene rings is 1. The molecule has 0 radical (unpaired) electrons. The molecule has 8 heteroatoms. The number of halogens is 2. The molecule has 0 aromatic heterocycles. The van der Waals surface area contributed by atoms with E-state index >= 15 is 0 Å². The Bertz CT molecular complexity index is 830. The number of rotatable bonds is 6. The van der Waals surface area contributed by atoms with Gasteiger partial charge in [-0.1, -0.05) is 17.7 Å². The Balaban J connectivity index is 1.46. The Hall–Kier alpha value is -1.96. The lowest BCUT2D eigenvalue weighted by Gasteiger charge is -2.37. The van der Waals surface area contributed by atoms with E-state index in [-0.39, 0.29) is 16.8 Å². The molecule has 2 heterocycles. The molecule has 2 saturated heterocycles. The normalized spacial score (nSPS) is 23.4. The van der Waals surface area contributed by atoms with Gasteiger partial charge in [-0.2, -0.15) is 0 Å². The van der Waals surface area contributed by atoms with Gasteiger partial charge < -0.3 is 19.8 Å². The lowest BCUT2D eigenvalue weighted by atomic mass is 9.95.